The highest BCUT2D eigenvalue weighted by atomic mass is 16.8. The van der Waals surface area contributed by atoms with Gasteiger partial charge in [0.05, 0.1) is 80.9 Å². The zero-order valence-electron chi connectivity index (χ0n) is 49.5. The largest absolute Gasteiger partial charge is 0.460 e. The van der Waals surface area contributed by atoms with Gasteiger partial charge in [0, 0.05) is 38.7 Å². The molecule has 9 fully saturated rings. The van der Waals surface area contributed by atoms with Crippen LogP contribution >= 0.6 is 0 Å². The summed E-state index contributed by atoms with van der Waals surface area (Å²) >= 11 is 0. The molecule has 89 heavy (non-hydrogen) atoms. The maximum Gasteiger partial charge on any atom is 0.330 e. The highest BCUT2D eigenvalue weighted by molar-refractivity contribution is 5.82. The second-order valence-electron chi connectivity index (χ2n) is 25.2. The Kier molecular flexibility index (Phi) is 25.2. The van der Waals surface area contributed by atoms with Gasteiger partial charge < -0.3 is 143 Å². The summed E-state index contributed by atoms with van der Waals surface area (Å²) in [6.07, 6.45) is -33.4. The smallest absolute Gasteiger partial charge is 0.330 e. The van der Waals surface area contributed by atoms with E-state index in [1.807, 2.05) is 0 Å². The summed E-state index contributed by atoms with van der Waals surface area (Å²) in [6.45, 7) is -2.66. The fourth-order valence-electron chi connectivity index (χ4n) is 14.0. The second kappa shape index (κ2) is 31.7. The lowest BCUT2D eigenvalue weighted by atomic mass is 9.72. The molecule has 0 aromatic rings. The van der Waals surface area contributed by atoms with E-state index in [2.05, 4.69) is 0 Å². The highest BCUT2D eigenvalue weighted by Crippen LogP contribution is 2.46. The zero-order chi connectivity index (χ0) is 64.1. The Morgan fingerprint density at radius 3 is 1.66 bits per heavy atom. The molecular formula is C58H92O31. The van der Waals surface area contributed by atoms with Crippen molar-refractivity contribution in [3.8, 4) is 0 Å². The van der Waals surface area contributed by atoms with Crippen molar-refractivity contribution in [1.29, 1.82) is 0 Å². The number of hydrogen-bond donors (Lipinski definition) is 16. The molecule has 31 heteroatoms. The Balaban J connectivity index is 0.941. The van der Waals surface area contributed by atoms with Gasteiger partial charge >= 0.3 is 11.9 Å². The molecule has 0 bridgehead atoms. The zero-order valence-corrected chi connectivity index (χ0v) is 49.5. The first-order valence-electron chi connectivity index (χ1n) is 30.9. The number of allylic oxidation sites excluding steroid dienone is 2. The molecule has 16 N–H and O–H groups in total. The molecule has 4 saturated carbocycles. The van der Waals surface area contributed by atoms with Gasteiger partial charge in [0.1, 0.15) is 98.2 Å². The Morgan fingerprint density at radius 2 is 1.04 bits per heavy atom. The number of carbonyl (C=O) groups excluding carboxylic acids is 2. The minimum Gasteiger partial charge on any atom is -0.460 e. The van der Waals surface area contributed by atoms with E-state index in [-0.39, 0.29) is 43.9 Å². The SMILES string of the molecule is COC1CC(C=CC(=O)O[C@H]2[C@H](O[C@H]3[C@H](OC4CC5C(CC(O)CC5O[C@@H]5O[C@H](CO)[C@@H](O)[C@H](O)[C@H]5O)OC4C4CCC(O)C(O)C4)O[C@H](COC(=O)C=CC4CCC(O[C@@H]5O[C@H](CO)[C@@H](O)[C@H](O)[C@H]5O)CC4)[C@@H](O)[C@@H]3O)OC[C@@H](O)[C@@H]2O)CC(OC)C1O. The van der Waals surface area contributed by atoms with Gasteiger partial charge in [0.2, 0.25) is 0 Å². The monoisotopic (exact) mass is 1280 g/mol. The quantitative estimate of drug-likeness (QED) is 0.0398. The molecule has 9 aliphatic rings. The molecule has 0 spiro atoms. The van der Waals surface area contributed by atoms with Gasteiger partial charge in [-0.05, 0) is 88.4 Å². The van der Waals surface area contributed by atoms with Crippen LogP contribution in [-0.2, 0) is 71.2 Å². The van der Waals surface area contributed by atoms with Crippen molar-refractivity contribution in [2.24, 2.45) is 23.7 Å². The van der Waals surface area contributed by atoms with Gasteiger partial charge in [-0.25, -0.2) is 9.59 Å². The molecule has 5 aliphatic heterocycles. The summed E-state index contributed by atoms with van der Waals surface area (Å²) in [5.41, 5.74) is 0. The average Bonchev–Trinajstić information content (AvgIpc) is 1.16. The van der Waals surface area contributed by atoms with Crippen molar-refractivity contribution in [3.05, 3.63) is 24.3 Å². The third-order valence-electron chi connectivity index (χ3n) is 19.3. The summed E-state index contributed by atoms with van der Waals surface area (Å²) in [6, 6.07) is 0. The first-order valence-corrected chi connectivity index (χ1v) is 30.9. The molecule has 0 radical (unpaired) electrons. The molecule has 0 aromatic heterocycles. The summed E-state index contributed by atoms with van der Waals surface area (Å²) < 4.78 is 77.8. The lowest BCUT2D eigenvalue weighted by molar-refractivity contribution is -0.373. The van der Waals surface area contributed by atoms with E-state index >= 15 is 0 Å². The molecule has 30 atom stereocenters. The van der Waals surface area contributed by atoms with E-state index in [1.165, 1.54) is 26.4 Å². The van der Waals surface area contributed by atoms with Gasteiger partial charge in [-0.1, -0.05) is 12.2 Å². The van der Waals surface area contributed by atoms with Crippen molar-refractivity contribution in [3.63, 3.8) is 0 Å². The van der Waals surface area contributed by atoms with Crippen LogP contribution in [0.4, 0.5) is 0 Å². The standard InChI is InChI=1S/C58H92O31/c1-77-34-13-24(14-35(78-2)43(34)68)6-12-41(66)88-53-42(67)31(64)21-80-57(53)89-54-49(74)46(71)39(22-79-40(65)11-5-23-3-8-27(9-4-23)81-55-50(75)47(72)44(69)37(19-59)85-55)87-58(54)84-36-18-28-32(82-52(36)25-7-10-29(62)30(63)15-25)16-26(61)17-33(28)83-56-51(76)48(73)45(70)38(20-60)86-56/h5-6,11-12,23-39,42-64,67-76H,3-4,7-10,13-22H2,1-2H3/t23?,24?,25?,26?,27?,28?,29?,30?,31-,32?,33?,34?,35?,36?,37-,38-,39-,42+,43?,44-,45-,46-,47+,48+,49+,50-,51-,52?,53-,54-,55-,56-,57+,58-/m1/s1. The molecule has 31 nitrogen and oxygen atoms in total. The minimum atomic E-state index is -2.03. The topological polar surface area (TPSA) is 478 Å². The molecule has 5 heterocycles. The molecule has 9 rings (SSSR count). The Labute approximate surface area is 513 Å². The number of aliphatic hydroxyl groups is 16. The number of aliphatic hydroxyl groups excluding tert-OH is 16. The van der Waals surface area contributed by atoms with E-state index in [4.69, 9.17) is 61.6 Å². The summed E-state index contributed by atoms with van der Waals surface area (Å²) in [7, 11) is 2.86. The molecule has 4 aliphatic carbocycles. The van der Waals surface area contributed by atoms with E-state index in [9.17, 15) is 91.3 Å². The number of carbonyl (C=O) groups is 2. The summed E-state index contributed by atoms with van der Waals surface area (Å²) in [5.74, 6) is -3.69. The number of rotatable bonds is 20. The van der Waals surface area contributed by atoms with Gasteiger partial charge in [-0.3, -0.25) is 0 Å². The van der Waals surface area contributed by atoms with Gasteiger partial charge in [-0.2, -0.15) is 0 Å². The van der Waals surface area contributed by atoms with Crippen molar-refractivity contribution < 1.29 is 153 Å². The van der Waals surface area contributed by atoms with Crippen molar-refractivity contribution in [1.82, 2.24) is 0 Å². The lowest BCUT2D eigenvalue weighted by Crippen LogP contribution is -2.65. The normalized spacial score (nSPS) is 49.3. The van der Waals surface area contributed by atoms with E-state index in [1.54, 1.807) is 6.08 Å². The van der Waals surface area contributed by atoms with E-state index < -0.39 is 234 Å². The molecule has 5 saturated heterocycles. The maximum absolute atomic E-state index is 13.6. The molecular weight excluding hydrogens is 1190 g/mol. The molecule has 0 aromatic carbocycles. The molecule has 11 unspecified atom stereocenters. The molecule has 0 amide bonds. The highest BCUT2D eigenvalue weighted by Gasteiger charge is 2.57. The Morgan fingerprint density at radius 1 is 0.461 bits per heavy atom. The number of methoxy groups -OCH3 is 2. The van der Waals surface area contributed by atoms with Crippen LogP contribution in [0.1, 0.15) is 77.0 Å². The Bertz CT molecular complexity index is 2260. The predicted molar refractivity (Wildman–Crippen MR) is 292 cm³/mol. The summed E-state index contributed by atoms with van der Waals surface area (Å²) in [4.78, 5) is 27.0. The van der Waals surface area contributed by atoms with Crippen LogP contribution in [0.25, 0.3) is 0 Å². The lowest BCUT2D eigenvalue weighted by Gasteiger charge is -2.53. The predicted octanol–water partition coefficient (Wildman–Crippen LogP) is -6.34. The minimum absolute atomic E-state index is 0.00687. The van der Waals surface area contributed by atoms with E-state index in [0.717, 1.165) is 6.08 Å². The third-order valence-corrected chi connectivity index (χ3v) is 19.3. The van der Waals surface area contributed by atoms with Crippen LogP contribution in [0.3, 0.4) is 0 Å². The first kappa shape index (κ1) is 70.7. The van der Waals surface area contributed by atoms with Crippen LogP contribution in [0, 0.1) is 23.7 Å². The fraction of sp³-hybridized carbons (Fsp3) is 0.897. The summed E-state index contributed by atoms with van der Waals surface area (Å²) in [5, 5.41) is 172. The van der Waals surface area contributed by atoms with Gasteiger partial charge in [0.25, 0.3) is 0 Å². The van der Waals surface area contributed by atoms with Crippen LogP contribution in [-0.4, -0.2) is 318 Å². The van der Waals surface area contributed by atoms with Gasteiger partial charge in [-0.15, -0.1) is 0 Å². The van der Waals surface area contributed by atoms with Crippen LogP contribution < -0.4 is 0 Å². The number of hydrogen-bond acceptors (Lipinski definition) is 31. The Hall–Kier alpha value is -2.66. The maximum atomic E-state index is 13.6. The number of ether oxygens (including phenoxy) is 13. The van der Waals surface area contributed by atoms with Crippen LogP contribution in [0.2, 0.25) is 0 Å². The third kappa shape index (κ3) is 16.7. The van der Waals surface area contributed by atoms with Crippen molar-refractivity contribution in [2.45, 2.75) is 261 Å². The van der Waals surface area contributed by atoms with E-state index in [0.29, 0.717) is 44.9 Å². The second-order valence-corrected chi connectivity index (χ2v) is 25.2. The first-order chi connectivity index (χ1) is 42.5. The van der Waals surface area contributed by atoms with Crippen molar-refractivity contribution in [2.75, 3.05) is 40.6 Å². The molecule has 510 valence electrons. The number of fused-ring (bicyclic) bond motifs is 1. The fourth-order valence-corrected chi connectivity index (χ4v) is 14.0. The van der Waals surface area contributed by atoms with Gasteiger partial charge in [0.15, 0.2) is 31.3 Å². The average molecular weight is 1290 g/mol. The van der Waals surface area contributed by atoms with Crippen molar-refractivity contribution >= 4 is 11.9 Å². The number of esters is 2. The van der Waals surface area contributed by atoms with Crippen LogP contribution in [0.15, 0.2) is 24.3 Å². The van der Waals surface area contributed by atoms with Crippen LogP contribution in [0.5, 0.6) is 0 Å².